The SMILES string of the molecule is COc1ccccc1Cn1c(N)nc2cc(Cl)ccc21. The molecule has 2 aromatic carbocycles. The minimum Gasteiger partial charge on any atom is -0.496 e. The highest BCUT2D eigenvalue weighted by atomic mass is 35.5. The van der Waals surface area contributed by atoms with Crippen LogP contribution in [0.2, 0.25) is 5.02 Å². The lowest BCUT2D eigenvalue weighted by atomic mass is 10.2. The van der Waals surface area contributed by atoms with Gasteiger partial charge in [-0.15, -0.1) is 0 Å². The number of anilines is 1. The lowest BCUT2D eigenvalue weighted by Crippen LogP contribution is -2.05. The van der Waals surface area contributed by atoms with Crippen LogP contribution in [0.15, 0.2) is 42.5 Å². The molecular weight excluding hydrogens is 274 g/mol. The summed E-state index contributed by atoms with van der Waals surface area (Å²) in [6.07, 6.45) is 0. The van der Waals surface area contributed by atoms with E-state index in [9.17, 15) is 0 Å². The average molecular weight is 288 g/mol. The molecule has 0 saturated carbocycles. The predicted octanol–water partition coefficient (Wildman–Crippen LogP) is 3.33. The molecule has 102 valence electrons. The lowest BCUT2D eigenvalue weighted by Gasteiger charge is -2.10. The number of hydrogen-bond acceptors (Lipinski definition) is 3. The largest absolute Gasteiger partial charge is 0.496 e. The minimum absolute atomic E-state index is 0.466. The Hall–Kier alpha value is -2.20. The first-order valence-electron chi connectivity index (χ1n) is 6.22. The smallest absolute Gasteiger partial charge is 0.201 e. The van der Waals surface area contributed by atoms with Crippen molar-refractivity contribution in [1.29, 1.82) is 0 Å². The van der Waals surface area contributed by atoms with E-state index in [1.807, 2.05) is 47.0 Å². The van der Waals surface area contributed by atoms with Gasteiger partial charge in [0.2, 0.25) is 5.95 Å². The molecule has 0 saturated heterocycles. The number of nitrogen functional groups attached to an aromatic ring is 1. The third-order valence-corrected chi connectivity index (χ3v) is 3.50. The van der Waals surface area contributed by atoms with Crippen LogP contribution < -0.4 is 10.5 Å². The Kier molecular flexibility index (Phi) is 3.24. The molecule has 4 nitrogen and oxygen atoms in total. The number of halogens is 1. The van der Waals surface area contributed by atoms with Crippen molar-refractivity contribution in [3.05, 3.63) is 53.1 Å². The molecule has 0 radical (unpaired) electrons. The monoisotopic (exact) mass is 287 g/mol. The summed E-state index contributed by atoms with van der Waals surface area (Å²) >= 11 is 5.98. The number of rotatable bonds is 3. The normalized spacial score (nSPS) is 10.9. The zero-order chi connectivity index (χ0) is 14.1. The summed E-state index contributed by atoms with van der Waals surface area (Å²) in [4.78, 5) is 4.34. The Morgan fingerprint density at radius 3 is 2.85 bits per heavy atom. The maximum absolute atomic E-state index is 6.01. The molecule has 20 heavy (non-hydrogen) atoms. The lowest BCUT2D eigenvalue weighted by molar-refractivity contribution is 0.408. The Morgan fingerprint density at radius 1 is 1.25 bits per heavy atom. The molecule has 0 fully saturated rings. The second kappa shape index (κ2) is 5.06. The van der Waals surface area contributed by atoms with E-state index < -0.39 is 0 Å². The molecule has 1 aromatic heterocycles. The quantitative estimate of drug-likeness (QED) is 0.804. The van der Waals surface area contributed by atoms with Gasteiger partial charge < -0.3 is 15.0 Å². The highest BCUT2D eigenvalue weighted by molar-refractivity contribution is 6.31. The molecule has 0 aliphatic heterocycles. The van der Waals surface area contributed by atoms with Crippen LogP contribution in [0.25, 0.3) is 11.0 Å². The second-order valence-electron chi connectivity index (χ2n) is 4.50. The summed E-state index contributed by atoms with van der Waals surface area (Å²) in [5.41, 5.74) is 8.82. The number of imidazole rings is 1. The van der Waals surface area contributed by atoms with Gasteiger partial charge in [0, 0.05) is 10.6 Å². The molecule has 2 N–H and O–H groups in total. The molecule has 0 unspecified atom stereocenters. The highest BCUT2D eigenvalue weighted by Gasteiger charge is 2.11. The van der Waals surface area contributed by atoms with Crippen molar-refractivity contribution in [2.24, 2.45) is 0 Å². The van der Waals surface area contributed by atoms with Gasteiger partial charge in [0.1, 0.15) is 5.75 Å². The number of benzene rings is 2. The van der Waals surface area contributed by atoms with Crippen LogP contribution in [0.5, 0.6) is 5.75 Å². The summed E-state index contributed by atoms with van der Waals surface area (Å²) in [5.74, 6) is 1.30. The Morgan fingerprint density at radius 2 is 2.05 bits per heavy atom. The van der Waals surface area contributed by atoms with Gasteiger partial charge in [-0.05, 0) is 24.3 Å². The molecule has 3 rings (SSSR count). The maximum Gasteiger partial charge on any atom is 0.201 e. The standard InChI is InChI=1S/C15H14ClN3O/c1-20-14-5-3-2-4-10(14)9-19-13-7-6-11(16)8-12(13)18-15(19)17/h2-8H,9H2,1H3,(H2,17,18). The van der Waals surface area contributed by atoms with Gasteiger partial charge in [-0.3, -0.25) is 0 Å². The molecule has 0 atom stereocenters. The van der Waals surface area contributed by atoms with Gasteiger partial charge in [-0.25, -0.2) is 4.98 Å². The Balaban J connectivity index is 2.08. The fourth-order valence-corrected chi connectivity index (χ4v) is 2.46. The summed E-state index contributed by atoms with van der Waals surface area (Å²) < 4.78 is 7.32. The van der Waals surface area contributed by atoms with Crippen LogP contribution in [0.3, 0.4) is 0 Å². The van der Waals surface area contributed by atoms with Crippen molar-refractivity contribution in [2.75, 3.05) is 12.8 Å². The Labute approximate surface area is 121 Å². The van der Waals surface area contributed by atoms with Gasteiger partial charge in [-0.1, -0.05) is 29.8 Å². The topological polar surface area (TPSA) is 53.1 Å². The van der Waals surface area contributed by atoms with Crippen LogP contribution in [0.1, 0.15) is 5.56 Å². The molecule has 0 spiro atoms. The summed E-state index contributed by atoms with van der Waals surface area (Å²) in [6.45, 7) is 0.605. The highest BCUT2D eigenvalue weighted by Crippen LogP contribution is 2.25. The third-order valence-electron chi connectivity index (χ3n) is 3.26. The van der Waals surface area contributed by atoms with Gasteiger partial charge in [-0.2, -0.15) is 0 Å². The van der Waals surface area contributed by atoms with Crippen LogP contribution in [-0.4, -0.2) is 16.7 Å². The van der Waals surface area contributed by atoms with Crippen LogP contribution >= 0.6 is 11.6 Å². The van der Waals surface area contributed by atoms with E-state index in [2.05, 4.69) is 4.98 Å². The zero-order valence-electron chi connectivity index (χ0n) is 11.0. The van der Waals surface area contributed by atoms with Crippen molar-refractivity contribution in [3.63, 3.8) is 0 Å². The fraction of sp³-hybridized carbons (Fsp3) is 0.133. The van der Waals surface area contributed by atoms with Crippen molar-refractivity contribution in [3.8, 4) is 5.75 Å². The number of fused-ring (bicyclic) bond motifs is 1. The number of para-hydroxylation sites is 1. The number of nitrogens with two attached hydrogens (primary N) is 1. The summed E-state index contributed by atoms with van der Waals surface area (Å²) in [7, 11) is 1.66. The second-order valence-corrected chi connectivity index (χ2v) is 4.94. The summed E-state index contributed by atoms with van der Waals surface area (Å²) in [6, 6.07) is 13.4. The van der Waals surface area contributed by atoms with Crippen molar-refractivity contribution < 1.29 is 4.74 Å². The van der Waals surface area contributed by atoms with E-state index in [4.69, 9.17) is 22.1 Å². The molecule has 0 amide bonds. The van der Waals surface area contributed by atoms with Gasteiger partial charge in [0.25, 0.3) is 0 Å². The van der Waals surface area contributed by atoms with Crippen LogP contribution in [-0.2, 0) is 6.54 Å². The van der Waals surface area contributed by atoms with E-state index in [-0.39, 0.29) is 0 Å². The van der Waals surface area contributed by atoms with Gasteiger partial charge >= 0.3 is 0 Å². The van der Waals surface area contributed by atoms with E-state index in [1.54, 1.807) is 7.11 Å². The molecular formula is C15H14ClN3O. The molecule has 0 aliphatic carbocycles. The van der Waals surface area contributed by atoms with E-state index in [0.29, 0.717) is 17.5 Å². The van der Waals surface area contributed by atoms with E-state index in [1.165, 1.54) is 0 Å². The van der Waals surface area contributed by atoms with Crippen molar-refractivity contribution >= 4 is 28.6 Å². The van der Waals surface area contributed by atoms with Gasteiger partial charge in [0.15, 0.2) is 0 Å². The summed E-state index contributed by atoms with van der Waals surface area (Å²) in [5, 5.41) is 0.652. The molecule has 0 aliphatic rings. The first kappa shape index (κ1) is 12.8. The molecule has 3 aromatic rings. The minimum atomic E-state index is 0.466. The first-order chi connectivity index (χ1) is 9.69. The first-order valence-corrected chi connectivity index (χ1v) is 6.60. The average Bonchev–Trinajstić information content (AvgIpc) is 2.75. The van der Waals surface area contributed by atoms with Crippen molar-refractivity contribution in [1.82, 2.24) is 9.55 Å². The Bertz CT molecular complexity index is 767. The van der Waals surface area contributed by atoms with Crippen LogP contribution in [0.4, 0.5) is 5.95 Å². The molecule has 0 bridgehead atoms. The number of methoxy groups -OCH3 is 1. The van der Waals surface area contributed by atoms with Gasteiger partial charge in [0.05, 0.1) is 24.7 Å². The zero-order valence-corrected chi connectivity index (χ0v) is 11.8. The molecule has 1 heterocycles. The number of ether oxygens (including phenoxy) is 1. The number of nitrogens with zero attached hydrogens (tertiary/aromatic N) is 2. The predicted molar refractivity (Wildman–Crippen MR) is 81.3 cm³/mol. The maximum atomic E-state index is 6.01. The number of hydrogen-bond donors (Lipinski definition) is 1. The number of aromatic nitrogens is 2. The molecule has 5 heteroatoms. The van der Waals surface area contributed by atoms with E-state index >= 15 is 0 Å². The van der Waals surface area contributed by atoms with E-state index in [0.717, 1.165) is 22.3 Å². The third kappa shape index (κ3) is 2.18. The van der Waals surface area contributed by atoms with Crippen molar-refractivity contribution in [2.45, 2.75) is 6.54 Å². The fourth-order valence-electron chi connectivity index (χ4n) is 2.29. The van der Waals surface area contributed by atoms with Crippen LogP contribution in [0, 0.1) is 0 Å².